The lowest BCUT2D eigenvalue weighted by Gasteiger charge is -2.21. The molecule has 0 unspecified atom stereocenters. The average Bonchev–Trinajstić information content (AvgIpc) is 3.25. The molecule has 0 bridgehead atoms. The minimum atomic E-state index is -0.0345. The molecule has 0 aliphatic heterocycles. The van der Waals surface area contributed by atoms with Crippen molar-refractivity contribution < 1.29 is 13.6 Å². The van der Waals surface area contributed by atoms with Crippen molar-refractivity contribution in [1.29, 1.82) is 0 Å². The molecule has 0 aliphatic rings. The fraction of sp³-hybridized carbons (Fsp3) is 0.278. The Kier molecular flexibility index (Phi) is 4.74. The Bertz CT molecular complexity index is 809. The number of hydrogen-bond donors (Lipinski definition) is 0. The van der Waals surface area contributed by atoms with E-state index in [9.17, 15) is 4.79 Å². The highest BCUT2D eigenvalue weighted by Crippen LogP contribution is 2.19. The van der Waals surface area contributed by atoms with Crippen LogP contribution in [0.3, 0.4) is 0 Å². The molecule has 1 aromatic carbocycles. The van der Waals surface area contributed by atoms with Crippen molar-refractivity contribution in [2.24, 2.45) is 0 Å². The normalized spacial score (nSPS) is 10.8. The van der Waals surface area contributed by atoms with E-state index in [2.05, 4.69) is 10.2 Å². The molecule has 2 heterocycles. The van der Waals surface area contributed by atoms with Crippen molar-refractivity contribution in [3.05, 3.63) is 59.7 Å². The summed E-state index contributed by atoms with van der Waals surface area (Å²) in [6.07, 6.45) is 2.39. The zero-order valence-corrected chi connectivity index (χ0v) is 13.7. The Hall–Kier alpha value is -2.89. The van der Waals surface area contributed by atoms with E-state index in [0.717, 1.165) is 12.0 Å². The first kappa shape index (κ1) is 16.0. The summed E-state index contributed by atoms with van der Waals surface area (Å²) in [5, 5.41) is 8.00. The van der Waals surface area contributed by atoms with Crippen LogP contribution in [0.2, 0.25) is 0 Å². The predicted molar refractivity (Wildman–Crippen MR) is 88.2 cm³/mol. The molecular formula is C18H19N3O3. The lowest BCUT2D eigenvalue weighted by atomic mass is 10.1. The number of aryl methyl sites for hydroxylation is 1. The highest BCUT2D eigenvalue weighted by Gasteiger charge is 2.20. The van der Waals surface area contributed by atoms with Crippen LogP contribution in [0, 0.1) is 6.92 Å². The lowest BCUT2D eigenvalue weighted by Crippen LogP contribution is -2.31. The van der Waals surface area contributed by atoms with E-state index in [-0.39, 0.29) is 12.5 Å². The smallest absolute Gasteiger partial charge is 0.283 e. The summed E-state index contributed by atoms with van der Waals surface area (Å²) in [6, 6.07) is 11.1. The van der Waals surface area contributed by atoms with Crippen molar-refractivity contribution in [1.82, 2.24) is 15.1 Å². The summed E-state index contributed by atoms with van der Waals surface area (Å²) in [5.41, 5.74) is 1.64. The van der Waals surface area contributed by atoms with Crippen LogP contribution in [0.5, 0.6) is 0 Å². The van der Waals surface area contributed by atoms with E-state index in [4.69, 9.17) is 8.83 Å². The highest BCUT2D eigenvalue weighted by molar-refractivity contribution is 5.95. The van der Waals surface area contributed by atoms with Gasteiger partial charge in [-0.2, -0.15) is 0 Å². The van der Waals surface area contributed by atoms with E-state index in [1.165, 1.54) is 0 Å². The van der Waals surface area contributed by atoms with Crippen LogP contribution in [0.25, 0.3) is 11.7 Å². The van der Waals surface area contributed by atoms with Crippen LogP contribution in [0.15, 0.2) is 51.5 Å². The van der Waals surface area contributed by atoms with Crippen molar-refractivity contribution in [2.45, 2.75) is 26.8 Å². The first-order valence-corrected chi connectivity index (χ1v) is 7.90. The van der Waals surface area contributed by atoms with E-state index in [0.29, 0.717) is 29.6 Å². The van der Waals surface area contributed by atoms with Gasteiger partial charge in [-0.15, -0.1) is 10.2 Å². The Morgan fingerprint density at radius 2 is 2.00 bits per heavy atom. The molecule has 2 aromatic heterocycles. The predicted octanol–water partition coefficient (Wildman–Crippen LogP) is 3.69. The molecule has 0 saturated heterocycles. The molecule has 0 atom stereocenters. The summed E-state index contributed by atoms with van der Waals surface area (Å²) in [5.74, 6) is 1.18. The monoisotopic (exact) mass is 325 g/mol. The molecule has 6 heteroatoms. The molecule has 0 N–H and O–H groups in total. The molecule has 0 fully saturated rings. The van der Waals surface area contributed by atoms with Crippen LogP contribution in [-0.4, -0.2) is 27.5 Å². The Labute approximate surface area is 140 Å². The zero-order valence-electron chi connectivity index (χ0n) is 13.7. The highest BCUT2D eigenvalue weighted by atomic mass is 16.4. The third kappa shape index (κ3) is 3.37. The Morgan fingerprint density at radius 1 is 1.17 bits per heavy atom. The molecular weight excluding hydrogens is 306 g/mol. The molecule has 6 nitrogen and oxygen atoms in total. The maximum absolute atomic E-state index is 12.8. The fourth-order valence-electron chi connectivity index (χ4n) is 2.49. The molecule has 0 saturated carbocycles. The third-order valence-electron chi connectivity index (χ3n) is 3.68. The number of carbonyl (C=O) groups excluding carboxylic acids is 1. The number of nitrogens with zero attached hydrogens (tertiary/aromatic N) is 3. The lowest BCUT2D eigenvalue weighted by molar-refractivity contribution is 0.0728. The molecule has 24 heavy (non-hydrogen) atoms. The van der Waals surface area contributed by atoms with E-state index in [1.54, 1.807) is 23.3 Å². The van der Waals surface area contributed by atoms with Crippen LogP contribution >= 0.6 is 0 Å². The number of rotatable bonds is 6. The molecule has 3 rings (SSSR count). The third-order valence-corrected chi connectivity index (χ3v) is 3.68. The van der Waals surface area contributed by atoms with Gasteiger partial charge in [0.2, 0.25) is 5.89 Å². The number of hydrogen-bond acceptors (Lipinski definition) is 5. The summed E-state index contributed by atoms with van der Waals surface area (Å²) in [4.78, 5) is 14.5. The largest absolute Gasteiger partial charge is 0.459 e. The minimum Gasteiger partial charge on any atom is -0.459 e. The zero-order chi connectivity index (χ0) is 16.9. The van der Waals surface area contributed by atoms with Crippen molar-refractivity contribution in [3.63, 3.8) is 0 Å². The van der Waals surface area contributed by atoms with Gasteiger partial charge in [-0.3, -0.25) is 4.79 Å². The second-order valence-electron chi connectivity index (χ2n) is 5.52. The number of benzene rings is 1. The van der Waals surface area contributed by atoms with Gasteiger partial charge >= 0.3 is 0 Å². The topological polar surface area (TPSA) is 72.4 Å². The maximum atomic E-state index is 12.8. The number of aromatic nitrogens is 2. The summed E-state index contributed by atoms with van der Waals surface area (Å²) in [7, 11) is 0. The van der Waals surface area contributed by atoms with Crippen molar-refractivity contribution in [2.75, 3.05) is 6.54 Å². The molecule has 3 aromatic rings. The van der Waals surface area contributed by atoms with E-state index in [1.807, 2.05) is 38.1 Å². The van der Waals surface area contributed by atoms with Crippen molar-refractivity contribution in [3.8, 4) is 11.7 Å². The molecule has 1 amide bonds. The van der Waals surface area contributed by atoms with Gasteiger partial charge < -0.3 is 13.7 Å². The second kappa shape index (κ2) is 7.12. The number of amides is 1. The first-order chi connectivity index (χ1) is 11.7. The van der Waals surface area contributed by atoms with Gasteiger partial charge in [-0.25, -0.2) is 0 Å². The molecule has 0 spiro atoms. The Balaban J connectivity index is 1.79. The molecule has 0 aliphatic carbocycles. The number of carbonyl (C=O) groups is 1. The minimum absolute atomic E-state index is 0.0345. The van der Waals surface area contributed by atoms with E-state index >= 15 is 0 Å². The van der Waals surface area contributed by atoms with Gasteiger partial charge in [0.15, 0.2) is 5.76 Å². The first-order valence-electron chi connectivity index (χ1n) is 7.90. The van der Waals surface area contributed by atoms with Crippen LogP contribution < -0.4 is 0 Å². The van der Waals surface area contributed by atoms with Crippen LogP contribution in [0.1, 0.15) is 35.2 Å². The SMILES string of the molecule is CCCN(Cc1nnc(-c2ccco2)o1)C(=O)c1ccccc1C. The van der Waals surface area contributed by atoms with Crippen LogP contribution in [-0.2, 0) is 6.54 Å². The average molecular weight is 325 g/mol. The van der Waals surface area contributed by atoms with Crippen molar-refractivity contribution >= 4 is 5.91 Å². The molecule has 124 valence electrons. The summed E-state index contributed by atoms with van der Waals surface area (Å²) in [6.45, 7) is 4.85. The van der Waals surface area contributed by atoms with Gasteiger partial charge in [0.25, 0.3) is 11.8 Å². The summed E-state index contributed by atoms with van der Waals surface area (Å²) >= 11 is 0. The second-order valence-corrected chi connectivity index (χ2v) is 5.52. The maximum Gasteiger partial charge on any atom is 0.283 e. The van der Waals surface area contributed by atoms with Crippen LogP contribution in [0.4, 0.5) is 0 Å². The number of furan rings is 1. The van der Waals surface area contributed by atoms with Gasteiger partial charge in [-0.05, 0) is 37.1 Å². The van der Waals surface area contributed by atoms with Gasteiger partial charge in [-0.1, -0.05) is 25.1 Å². The fourth-order valence-corrected chi connectivity index (χ4v) is 2.49. The van der Waals surface area contributed by atoms with E-state index < -0.39 is 0 Å². The van der Waals surface area contributed by atoms with Gasteiger partial charge in [0.1, 0.15) is 0 Å². The van der Waals surface area contributed by atoms with Gasteiger partial charge in [0.05, 0.1) is 12.8 Å². The summed E-state index contributed by atoms with van der Waals surface area (Å²) < 4.78 is 10.9. The standard InChI is InChI=1S/C18H19N3O3/c1-3-10-21(18(22)14-8-5-4-7-13(14)2)12-16-19-20-17(24-16)15-9-6-11-23-15/h4-9,11H,3,10,12H2,1-2H3. The van der Waals surface area contributed by atoms with Gasteiger partial charge in [0, 0.05) is 12.1 Å². The Morgan fingerprint density at radius 3 is 2.71 bits per heavy atom. The molecule has 0 radical (unpaired) electrons. The quantitative estimate of drug-likeness (QED) is 0.691.